The Labute approximate surface area is 128 Å². The Bertz CT molecular complexity index is 540. The molecule has 21 heavy (non-hydrogen) atoms. The predicted octanol–water partition coefficient (Wildman–Crippen LogP) is 3.32. The van der Waals surface area contributed by atoms with Crippen molar-refractivity contribution in [2.45, 2.75) is 44.4 Å². The van der Waals surface area contributed by atoms with Gasteiger partial charge in [-0.25, -0.2) is 8.42 Å². The van der Waals surface area contributed by atoms with Crippen LogP contribution in [0.4, 0.5) is 5.69 Å². The highest BCUT2D eigenvalue weighted by Gasteiger charge is 2.26. The molecule has 0 aromatic heterocycles. The van der Waals surface area contributed by atoms with Gasteiger partial charge in [0.2, 0.25) is 10.0 Å². The second kappa shape index (κ2) is 7.27. The SMILES string of the molecule is CCCNc1ccc(S(=O)(=O)N2CCCC(C)CC2)cc1. The molecule has 1 atom stereocenters. The lowest BCUT2D eigenvalue weighted by Gasteiger charge is -2.20. The van der Waals surface area contributed by atoms with Gasteiger partial charge in [0.15, 0.2) is 0 Å². The summed E-state index contributed by atoms with van der Waals surface area (Å²) in [7, 11) is -3.34. The molecule has 0 spiro atoms. The van der Waals surface area contributed by atoms with E-state index < -0.39 is 10.0 Å². The Morgan fingerprint density at radius 1 is 1.19 bits per heavy atom. The third kappa shape index (κ3) is 4.20. The summed E-state index contributed by atoms with van der Waals surface area (Å²) in [6.45, 7) is 6.48. The number of sulfonamides is 1. The highest BCUT2D eigenvalue weighted by molar-refractivity contribution is 7.89. The van der Waals surface area contributed by atoms with Gasteiger partial charge in [0, 0.05) is 25.3 Å². The van der Waals surface area contributed by atoms with Crippen molar-refractivity contribution in [3.8, 4) is 0 Å². The standard InChI is InChI=1S/C16H26N2O2S/c1-3-11-17-15-6-8-16(9-7-15)21(19,20)18-12-4-5-14(2)10-13-18/h6-9,14,17H,3-5,10-13H2,1-2H3. The first-order valence-corrected chi connectivity index (χ1v) is 9.32. The van der Waals surface area contributed by atoms with E-state index in [1.54, 1.807) is 16.4 Å². The normalized spacial score (nSPS) is 21.0. The lowest BCUT2D eigenvalue weighted by atomic mass is 10.0. The van der Waals surface area contributed by atoms with Crippen molar-refractivity contribution in [2.24, 2.45) is 5.92 Å². The highest BCUT2D eigenvalue weighted by atomic mass is 32.2. The summed E-state index contributed by atoms with van der Waals surface area (Å²) in [5.41, 5.74) is 0.972. The van der Waals surface area contributed by atoms with Gasteiger partial charge in [0.25, 0.3) is 0 Å². The Balaban J connectivity index is 2.11. The summed E-state index contributed by atoms with van der Waals surface area (Å²) in [4.78, 5) is 0.402. The molecule has 0 saturated carbocycles. The lowest BCUT2D eigenvalue weighted by Crippen LogP contribution is -2.32. The van der Waals surface area contributed by atoms with Gasteiger partial charge >= 0.3 is 0 Å². The quantitative estimate of drug-likeness (QED) is 0.907. The van der Waals surface area contributed by atoms with Gasteiger partial charge in [-0.1, -0.05) is 13.8 Å². The summed E-state index contributed by atoms with van der Waals surface area (Å²) < 4.78 is 27.0. The lowest BCUT2D eigenvalue weighted by molar-refractivity contribution is 0.417. The molecule has 118 valence electrons. The largest absolute Gasteiger partial charge is 0.385 e. The zero-order chi connectivity index (χ0) is 15.3. The van der Waals surface area contributed by atoms with E-state index in [2.05, 4.69) is 19.2 Å². The van der Waals surface area contributed by atoms with Crippen LogP contribution in [0.2, 0.25) is 0 Å². The second-order valence-corrected chi connectivity index (χ2v) is 7.83. The molecular formula is C16H26N2O2S. The monoisotopic (exact) mass is 310 g/mol. The summed E-state index contributed by atoms with van der Waals surface area (Å²) in [6, 6.07) is 7.12. The molecule has 1 aromatic rings. The van der Waals surface area contributed by atoms with Gasteiger partial charge in [0.05, 0.1) is 4.90 Å². The van der Waals surface area contributed by atoms with Gasteiger partial charge in [-0.15, -0.1) is 0 Å². The fourth-order valence-electron chi connectivity index (χ4n) is 2.64. The minimum absolute atomic E-state index is 0.402. The van der Waals surface area contributed by atoms with Crippen molar-refractivity contribution in [2.75, 3.05) is 25.0 Å². The molecule has 0 aliphatic carbocycles. The Morgan fingerprint density at radius 2 is 1.90 bits per heavy atom. The van der Waals surface area contributed by atoms with Crippen molar-refractivity contribution in [1.82, 2.24) is 4.31 Å². The summed E-state index contributed by atoms with van der Waals surface area (Å²) >= 11 is 0. The minimum Gasteiger partial charge on any atom is -0.385 e. The molecule has 0 bridgehead atoms. The molecule has 2 rings (SSSR count). The Morgan fingerprint density at radius 3 is 2.57 bits per heavy atom. The molecule has 1 saturated heterocycles. The smallest absolute Gasteiger partial charge is 0.243 e. The van der Waals surface area contributed by atoms with Gasteiger partial charge < -0.3 is 5.32 Å². The summed E-state index contributed by atoms with van der Waals surface area (Å²) in [5.74, 6) is 0.616. The minimum atomic E-state index is -3.34. The molecule has 1 aromatic carbocycles. The number of benzene rings is 1. The number of nitrogens with one attached hydrogen (secondary N) is 1. The second-order valence-electron chi connectivity index (χ2n) is 5.89. The molecule has 5 heteroatoms. The molecule has 1 unspecified atom stereocenters. The topological polar surface area (TPSA) is 49.4 Å². The summed E-state index contributed by atoms with van der Waals surface area (Å²) in [6.07, 6.45) is 4.07. The molecule has 1 aliphatic rings. The van der Waals surface area contributed by atoms with Crippen LogP contribution in [0, 0.1) is 5.92 Å². The number of hydrogen-bond acceptors (Lipinski definition) is 3. The maximum Gasteiger partial charge on any atom is 0.243 e. The van der Waals surface area contributed by atoms with Crippen LogP contribution in [0.25, 0.3) is 0 Å². The Hall–Kier alpha value is -1.07. The van der Waals surface area contributed by atoms with Crippen molar-refractivity contribution >= 4 is 15.7 Å². The number of anilines is 1. The van der Waals surface area contributed by atoms with E-state index >= 15 is 0 Å². The van der Waals surface area contributed by atoms with Crippen LogP contribution in [0.15, 0.2) is 29.2 Å². The fraction of sp³-hybridized carbons (Fsp3) is 0.625. The zero-order valence-corrected chi connectivity index (χ0v) is 13.8. The molecule has 1 N–H and O–H groups in total. The van der Waals surface area contributed by atoms with Crippen LogP contribution >= 0.6 is 0 Å². The van der Waals surface area contributed by atoms with Crippen LogP contribution in [-0.4, -0.2) is 32.4 Å². The third-order valence-corrected chi connectivity index (χ3v) is 5.96. The van der Waals surface area contributed by atoms with Gasteiger partial charge in [-0.2, -0.15) is 4.31 Å². The van der Waals surface area contributed by atoms with E-state index in [0.29, 0.717) is 23.9 Å². The van der Waals surface area contributed by atoms with Crippen LogP contribution < -0.4 is 5.32 Å². The van der Waals surface area contributed by atoms with Crippen LogP contribution in [-0.2, 0) is 10.0 Å². The van der Waals surface area contributed by atoms with Crippen molar-refractivity contribution in [3.05, 3.63) is 24.3 Å². The Kier molecular flexibility index (Phi) is 5.65. The maximum absolute atomic E-state index is 12.7. The number of hydrogen-bond donors (Lipinski definition) is 1. The van der Waals surface area contributed by atoms with Crippen LogP contribution in [0.5, 0.6) is 0 Å². The molecule has 1 heterocycles. The van der Waals surface area contributed by atoms with E-state index in [0.717, 1.165) is 37.9 Å². The first-order chi connectivity index (χ1) is 10.0. The molecular weight excluding hydrogens is 284 g/mol. The van der Waals surface area contributed by atoms with E-state index in [-0.39, 0.29) is 0 Å². The van der Waals surface area contributed by atoms with Crippen molar-refractivity contribution in [1.29, 1.82) is 0 Å². The average molecular weight is 310 g/mol. The van der Waals surface area contributed by atoms with Crippen LogP contribution in [0.3, 0.4) is 0 Å². The first kappa shape index (κ1) is 16.3. The summed E-state index contributed by atoms with van der Waals surface area (Å²) in [5, 5.41) is 3.26. The molecule has 0 amide bonds. The number of nitrogens with zero attached hydrogens (tertiary/aromatic N) is 1. The number of rotatable bonds is 5. The maximum atomic E-state index is 12.7. The molecule has 1 fully saturated rings. The fourth-order valence-corrected chi connectivity index (χ4v) is 4.13. The van der Waals surface area contributed by atoms with Crippen molar-refractivity contribution in [3.63, 3.8) is 0 Å². The highest BCUT2D eigenvalue weighted by Crippen LogP contribution is 2.23. The molecule has 4 nitrogen and oxygen atoms in total. The average Bonchev–Trinajstić information content (AvgIpc) is 2.70. The van der Waals surface area contributed by atoms with Gasteiger partial charge in [-0.3, -0.25) is 0 Å². The van der Waals surface area contributed by atoms with Gasteiger partial charge in [-0.05, 0) is 55.9 Å². The van der Waals surface area contributed by atoms with E-state index in [4.69, 9.17) is 0 Å². The van der Waals surface area contributed by atoms with E-state index in [9.17, 15) is 8.42 Å². The molecule has 1 aliphatic heterocycles. The molecule has 0 radical (unpaired) electrons. The van der Waals surface area contributed by atoms with Crippen LogP contribution in [0.1, 0.15) is 39.5 Å². The zero-order valence-electron chi connectivity index (χ0n) is 13.0. The first-order valence-electron chi connectivity index (χ1n) is 7.88. The predicted molar refractivity (Wildman–Crippen MR) is 87.0 cm³/mol. The third-order valence-electron chi connectivity index (χ3n) is 4.05. The van der Waals surface area contributed by atoms with Gasteiger partial charge in [0.1, 0.15) is 0 Å². The van der Waals surface area contributed by atoms with E-state index in [1.807, 2.05) is 12.1 Å². The van der Waals surface area contributed by atoms with E-state index in [1.165, 1.54) is 0 Å². The van der Waals surface area contributed by atoms with Crippen molar-refractivity contribution < 1.29 is 8.42 Å².